The molecule has 0 radical (unpaired) electrons. The molecule has 0 saturated carbocycles. The van der Waals surface area contributed by atoms with Gasteiger partial charge in [0, 0.05) is 26.5 Å². The van der Waals surface area contributed by atoms with E-state index in [2.05, 4.69) is 4.98 Å². The molecule has 4 rings (SSSR count). The van der Waals surface area contributed by atoms with Crippen LogP contribution in [0.25, 0.3) is 11.4 Å². The number of aliphatic hydroxyl groups excluding tert-OH is 1. The van der Waals surface area contributed by atoms with Crippen LogP contribution in [0.15, 0.2) is 60.3 Å². The molecular formula is C23H23N3O4. The summed E-state index contributed by atoms with van der Waals surface area (Å²) in [6.45, 7) is 2.59. The van der Waals surface area contributed by atoms with Crippen molar-refractivity contribution in [3.63, 3.8) is 0 Å². The number of pyridine rings is 1. The molecular weight excluding hydrogens is 382 g/mol. The Kier molecular flexibility index (Phi) is 5.37. The Morgan fingerprint density at radius 1 is 1.13 bits per heavy atom. The fraction of sp³-hybridized carbons (Fsp3) is 0.261. The van der Waals surface area contributed by atoms with Crippen molar-refractivity contribution in [2.75, 3.05) is 20.3 Å². The Bertz CT molecular complexity index is 1130. The number of imidazole rings is 1. The van der Waals surface area contributed by atoms with Gasteiger partial charge in [0.1, 0.15) is 11.3 Å². The van der Waals surface area contributed by atoms with Gasteiger partial charge in [-0.15, -0.1) is 0 Å². The van der Waals surface area contributed by atoms with E-state index in [-0.39, 0.29) is 11.3 Å². The lowest BCUT2D eigenvalue weighted by molar-refractivity contribution is -0.140. The lowest BCUT2D eigenvalue weighted by Gasteiger charge is -2.25. The molecule has 0 spiro atoms. The Labute approximate surface area is 174 Å². The molecule has 3 aromatic rings. The number of ether oxygens (including phenoxy) is 1. The van der Waals surface area contributed by atoms with Crippen molar-refractivity contribution < 1.29 is 19.4 Å². The standard InChI is InChI=1S/C23H23N3O4/c1-15-19(25-12-7-6-11-17(25)24-15)21(27)18-20(16-9-4-3-5-10-16)26(13-8-14-30-2)23(29)22(18)28/h3-7,9-12,20,27H,8,13-14H2,1-2H3/b21-18+. The number of rotatable bonds is 6. The smallest absolute Gasteiger partial charge is 0.295 e. The first kappa shape index (κ1) is 19.8. The second-order valence-electron chi connectivity index (χ2n) is 7.22. The highest BCUT2D eigenvalue weighted by Gasteiger charge is 2.46. The number of likely N-dealkylation sites (tertiary alicyclic amines) is 1. The van der Waals surface area contributed by atoms with E-state index in [1.54, 1.807) is 24.6 Å². The van der Waals surface area contributed by atoms with Crippen LogP contribution >= 0.6 is 0 Å². The summed E-state index contributed by atoms with van der Waals surface area (Å²) in [6, 6.07) is 14.1. The summed E-state index contributed by atoms with van der Waals surface area (Å²) in [5.74, 6) is -1.52. The van der Waals surface area contributed by atoms with Crippen LogP contribution in [0.3, 0.4) is 0 Å². The number of hydrogen-bond acceptors (Lipinski definition) is 5. The highest BCUT2D eigenvalue weighted by molar-refractivity contribution is 6.46. The molecule has 1 atom stereocenters. The number of carbonyl (C=O) groups excluding carboxylic acids is 2. The quantitative estimate of drug-likeness (QED) is 0.295. The van der Waals surface area contributed by atoms with Crippen LogP contribution < -0.4 is 0 Å². The van der Waals surface area contributed by atoms with Gasteiger partial charge in [-0.1, -0.05) is 36.4 Å². The van der Waals surface area contributed by atoms with Crippen molar-refractivity contribution >= 4 is 23.1 Å². The number of aliphatic hydroxyl groups is 1. The average Bonchev–Trinajstić information content (AvgIpc) is 3.22. The maximum absolute atomic E-state index is 13.0. The minimum Gasteiger partial charge on any atom is -0.505 e. The Morgan fingerprint density at radius 2 is 1.87 bits per heavy atom. The summed E-state index contributed by atoms with van der Waals surface area (Å²) in [7, 11) is 1.59. The third kappa shape index (κ3) is 3.27. The zero-order valence-corrected chi connectivity index (χ0v) is 16.9. The maximum Gasteiger partial charge on any atom is 0.295 e. The van der Waals surface area contributed by atoms with Crippen LogP contribution in [-0.2, 0) is 14.3 Å². The van der Waals surface area contributed by atoms with Gasteiger partial charge < -0.3 is 14.7 Å². The zero-order chi connectivity index (χ0) is 21.3. The largest absolute Gasteiger partial charge is 0.505 e. The van der Waals surface area contributed by atoms with E-state index in [0.29, 0.717) is 36.6 Å². The van der Waals surface area contributed by atoms with E-state index < -0.39 is 17.7 Å². The van der Waals surface area contributed by atoms with E-state index in [1.165, 1.54) is 4.90 Å². The fourth-order valence-electron chi connectivity index (χ4n) is 4.00. The fourth-order valence-corrected chi connectivity index (χ4v) is 4.00. The van der Waals surface area contributed by atoms with Crippen LogP contribution in [-0.4, -0.2) is 51.3 Å². The van der Waals surface area contributed by atoms with Crippen LogP contribution in [0.2, 0.25) is 0 Å². The lowest BCUT2D eigenvalue weighted by Crippen LogP contribution is -2.31. The van der Waals surface area contributed by atoms with Crippen molar-refractivity contribution in [1.29, 1.82) is 0 Å². The molecule has 30 heavy (non-hydrogen) atoms. The Morgan fingerprint density at radius 3 is 2.60 bits per heavy atom. The molecule has 7 heteroatoms. The summed E-state index contributed by atoms with van der Waals surface area (Å²) in [4.78, 5) is 31.9. The molecule has 0 aliphatic carbocycles. The Hall–Kier alpha value is -3.45. The number of nitrogens with zero attached hydrogens (tertiary/aromatic N) is 3. The third-order valence-electron chi connectivity index (χ3n) is 5.33. The highest BCUT2D eigenvalue weighted by atomic mass is 16.5. The van der Waals surface area contributed by atoms with Gasteiger partial charge in [0.05, 0.1) is 17.3 Å². The Balaban J connectivity index is 1.90. The number of aryl methyl sites for hydroxylation is 1. The molecule has 1 fully saturated rings. The molecule has 0 bridgehead atoms. The second kappa shape index (κ2) is 8.12. The van der Waals surface area contributed by atoms with Gasteiger partial charge in [-0.3, -0.25) is 14.0 Å². The molecule has 3 heterocycles. The van der Waals surface area contributed by atoms with Crippen LogP contribution in [0, 0.1) is 6.92 Å². The first-order chi connectivity index (χ1) is 14.5. The number of carbonyl (C=O) groups is 2. The number of benzene rings is 1. The summed E-state index contributed by atoms with van der Waals surface area (Å²) in [5.41, 5.74) is 2.50. The second-order valence-corrected chi connectivity index (χ2v) is 7.22. The predicted molar refractivity (Wildman–Crippen MR) is 112 cm³/mol. The predicted octanol–water partition coefficient (Wildman–Crippen LogP) is 3.10. The summed E-state index contributed by atoms with van der Waals surface area (Å²) >= 11 is 0. The number of ketones is 1. The minimum absolute atomic E-state index is 0.0809. The molecule has 154 valence electrons. The number of hydrogen-bond donors (Lipinski definition) is 1. The normalized spacial score (nSPS) is 18.5. The first-order valence-corrected chi connectivity index (χ1v) is 9.81. The van der Waals surface area contributed by atoms with Gasteiger partial charge in [-0.2, -0.15) is 0 Å². The molecule has 1 aliphatic heterocycles. The van der Waals surface area contributed by atoms with Gasteiger partial charge >= 0.3 is 0 Å². The van der Waals surface area contributed by atoms with Crippen molar-refractivity contribution in [3.05, 3.63) is 77.3 Å². The van der Waals surface area contributed by atoms with E-state index in [9.17, 15) is 14.7 Å². The first-order valence-electron chi connectivity index (χ1n) is 9.81. The van der Waals surface area contributed by atoms with E-state index >= 15 is 0 Å². The number of amides is 1. The third-order valence-corrected chi connectivity index (χ3v) is 5.33. The monoisotopic (exact) mass is 405 g/mol. The number of fused-ring (bicyclic) bond motifs is 1. The van der Waals surface area contributed by atoms with Gasteiger partial charge in [0.15, 0.2) is 5.76 Å². The van der Waals surface area contributed by atoms with E-state index in [1.807, 2.05) is 48.5 Å². The van der Waals surface area contributed by atoms with Crippen molar-refractivity contribution in [2.45, 2.75) is 19.4 Å². The summed E-state index contributed by atoms with van der Waals surface area (Å²) in [6.07, 6.45) is 2.36. The van der Waals surface area contributed by atoms with Crippen LogP contribution in [0.5, 0.6) is 0 Å². The SMILES string of the molecule is COCCCN1C(=O)C(=O)/C(=C(/O)c2c(C)nc3ccccn23)C1c1ccccc1. The molecule has 1 saturated heterocycles. The molecule has 1 amide bonds. The molecule has 2 aromatic heterocycles. The molecule has 1 N–H and O–H groups in total. The molecule has 1 unspecified atom stereocenters. The van der Waals surface area contributed by atoms with Crippen molar-refractivity contribution in [1.82, 2.24) is 14.3 Å². The van der Waals surface area contributed by atoms with Crippen molar-refractivity contribution in [3.8, 4) is 0 Å². The van der Waals surface area contributed by atoms with Gasteiger partial charge in [0.25, 0.3) is 11.7 Å². The number of Topliss-reactive ketones (excluding diaryl/α,β-unsaturated/α-hetero) is 1. The summed E-state index contributed by atoms with van der Waals surface area (Å²) < 4.78 is 6.83. The average molecular weight is 405 g/mol. The lowest BCUT2D eigenvalue weighted by atomic mass is 9.96. The number of methoxy groups -OCH3 is 1. The highest BCUT2D eigenvalue weighted by Crippen LogP contribution is 2.39. The maximum atomic E-state index is 13.0. The van der Waals surface area contributed by atoms with E-state index in [4.69, 9.17) is 4.74 Å². The van der Waals surface area contributed by atoms with Gasteiger partial charge in [0.2, 0.25) is 0 Å². The topological polar surface area (TPSA) is 84.1 Å². The molecule has 7 nitrogen and oxygen atoms in total. The zero-order valence-electron chi connectivity index (χ0n) is 16.9. The van der Waals surface area contributed by atoms with E-state index in [0.717, 1.165) is 5.56 Å². The van der Waals surface area contributed by atoms with Gasteiger partial charge in [-0.25, -0.2) is 4.98 Å². The van der Waals surface area contributed by atoms with Crippen molar-refractivity contribution in [2.24, 2.45) is 0 Å². The number of aromatic nitrogens is 2. The minimum atomic E-state index is -0.691. The van der Waals surface area contributed by atoms with Crippen LogP contribution in [0.4, 0.5) is 0 Å². The molecule has 1 aliphatic rings. The van der Waals surface area contributed by atoms with Crippen LogP contribution in [0.1, 0.15) is 29.4 Å². The molecule has 1 aromatic carbocycles. The van der Waals surface area contributed by atoms with Gasteiger partial charge in [-0.05, 0) is 31.0 Å². The summed E-state index contributed by atoms with van der Waals surface area (Å²) in [5, 5.41) is 11.3.